The van der Waals surface area contributed by atoms with E-state index in [0.717, 1.165) is 5.56 Å². The highest BCUT2D eigenvalue weighted by Gasteiger charge is 2.18. The fraction of sp³-hybridized carbons (Fsp3) is 0.231. The number of hydrogen-bond donors (Lipinski definition) is 2. The van der Waals surface area contributed by atoms with E-state index in [1.165, 1.54) is 0 Å². The molecule has 0 unspecified atom stereocenters. The molecule has 1 aromatic heterocycles. The molecule has 1 aromatic carbocycles. The lowest BCUT2D eigenvalue weighted by molar-refractivity contribution is 0.120. The average molecular weight is 282 g/mol. The largest absolute Gasteiger partial charge is 0.494 e. The lowest BCUT2D eigenvalue weighted by Gasteiger charge is -2.11. The molecule has 5 nitrogen and oxygen atoms in total. The van der Waals surface area contributed by atoms with Crippen molar-refractivity contribution in [3.05, 3.63) is 50.7 Å². The van der Waals surface area contributed by atoms with Crippen LogP contribution in [0.25, 0.3) is 11.1 Å². The first-order valence-electron chi connectivity index (χ1n) is 5.81. The standard InChI is InChI=1S/C13H12F2N2O3/c1-7-3-2-4-8(5-7)10-11(18)16-13(20)17(12(10)19)6-9(14)15/h2-5,9,19H,6H2,1H3,(H,16,18,20). The Hall–Kier alpha value is -2.44. The number of nitrogens with one attached hydrogen (secondary N) is 1. The van der Waals surface area contributed by atoms with Crippen LogP contribution in [0.5, 0.6) is 5.88 Å². The van der Waals surface area contributed by atoms with Gasteiger partial charge in [-0.15, -0.1) is 0 Å². The molecule has 0 radical (unpaired) electrons. The van der Waals surface area contributed by atoms with E-state index in [1.807, 2.05) is 4.98 Å². The maximum atomic E-state index is 12.4. The van der Waals surface area contributed by atoms with Crippen LogP contribution >= 0.6 is 0 Å². The molecule has 106 valence electrons. The number of alkyl halides is 2. The van der Waals surface area contributed by atoms with Crippen molar-refractivity contribution in [3.63, 3.8) is 0 Å². The Balaban J connectivity index is 2.71. The molecule has 0 aliphatic rings. The Morgan fingerprint density at radius 3 is 2.65 bits per heavy atom. The maximum absolute atomic E-state index is 12.4. The molecule has 2 rings (SSSR count). The summed E-state index contributed by atoms with van der Waals surface area (Å²) in [5.41, 5.74) is -0.901. The Labute approximate surface area is 112 Å². The van der Waals surface area contributed by atoms with E-state index < -0.39 is 30.1 Å². The molecular weight excluding hydrogens is 270 g/mol. The summed E-state index contributed by atoms with van der Waals surface area (Å²) in [6.07, 6.45) is -2.82. The zero-order valence-corrected chi connectivity index (χ0v) is 10.6. The van der Waals surface area contributed by atoms with Gasteiger partial charge in [-0.2, -0.15) is 0 Å². The normalized spacial score (nSPS) is 11.0. The van der Waals surface area contributed by atoms with E-state index in [9.17, 15) is 23.5 Å². The third kappa shape index (κ3) is 2.61. The van der Waals surface area contributed by atoms with Crippen LogP contribution in [-0.2, 0) is 6.54 Å². The van der Waals surface area contributed by atoms with Crippen LogP contribution < -0.4 is 11.2 Å². The number of aromatic nitrogens is 2. The Morgan fingerprint density at radius 2 is 2.05 bits per heavy atom. The quantitative estimate of drug-likeness (QED) is 0.895. The van der Waals surface area contributed by atoms with Gasteiger partial charge in [0.25, 0.3) is 12.0 Å². The van der Waals surface area contributed by atoms with E-state index in [-0.39, 0.29) is 5.56 Å². The van der Waals surface area contributed by atoms with Gasteiger partial charge in [-0.1, -0.05) is 29.8 Å². The van der Waals surface area contributed by atoms with Gasteiger partial charge < -0.3 is 5.11 Å². The summed E-state index contributed by atoms with van der Waals surface area (Å²) in [7, 11) is 0. The number of aromatic amines is 1. The molecule has 0 bridgehead atoms. The van der Waals surface area contributed by atoms with Crippen LogP contribution in [0.1, 0.15) is 5.56 Å². The number of H-pyrrole nitrogens is 1. The van der Waals surface area contributed by atoms with E-state index in [2.05, 4.69) is 0 Å². The summed E-state index contributed by atoms with van der Waals surface area (Å²) >= 11 is 0. The van der Waals surface area contributed by atoms with Crippen molar-refractivity contribution in [2.24, 2.45) is 0 Å². The highest BCUT2D eigenvalue weighted by Crippen LogP contribution is 2.24. The van der Waals surface area contributed by atoms with Crippen LogP contribution in [-0.4, -0.2) is 21.1 Å². The smallest absolute Gasteiger partial charge is 0.331 e. The van der Waals surface area contributed by atoms with E-state index in [0.29, 0.717) is 10.1 Å². The van der Waals surface area contributed by atoms with E-state index in [1.54, 1.807) is 31.2 Å². The number of rotatable bonds is 3. The van der Waals surface area contributed by atoms with Crippen LogP contribution in [0.4, 0.5) is 8.78 Å². The van der Waals surface area contributed by atoms with Gasteiger partial charge in [0, 0.05) is 0 Å². The fourth-order valence-electron chi connectivity index (χ4n) is 1.93. The summed E-state index contributed by atoms with van der Waals surface area (Å²) in [6, 6.07) is 6.60. The first-order valence-corrected chi connectivity index (χ1v) is 5.81. The Kier molecular flexibility index (Phi) is 3.69. The maximum Gasteiger partial charge on any atom is 0.331 e. The van der Waals surface area contributed by atoms with E-state index >= 15 is 0 Å². The Morgan fingerprint density at radius 1 is 1.35 bits per heavy atom. The molecule has 0 aliphatic carbocycles. The molecule has 0 spiro atoms. The van der Waals surface area contributed by atoms with Gasteiger partial charge in [0.1, 0.15) is 5.56 Å². The number of aromatic hydroxyl groups is 1. The molecule has 0 aliphatic heterocycles. The number of nitrogens with zero attached hydrogens (tertiary/aromatic N) is 1. The predicted octanol–water partition coefficient (Wildman–Crippen LogP) is 1.48. The number of halogens is 2. The molecule has 0 saturated heterocycles. The number of benzene rings is 1. The third-order valence-corrected chi connectivity index (χ3v) is 2.80. The van der Waals surface area contributed by atoms with Crippen molar-refractivity contribution >= 4 is 0 Å². The van der Waals surface area contributed by atoms with Gasteiger partial charge in [-0.05, 0) is 12.5 Å². The molecule has 0 amide bonds. The minimum absolute atomic E-state index is 0.200. The summed E-state index contributed by atoms with van der Waals surface area (Å²) in [4.78, 5) is 25.2. The summed E-state index contributed by atoms with van der Waals surface area (Å²) in [5.74, 6) is -0.760. The fourth-order valence-corrected chi connectivity index (χ4v) is 1.93. The van der Waals surface area contributed by atoms with Gasteiger partial charge >= 0.3 is 5.69 Å². The molecule has 2 aromatic rings. The van der Waals surface area contributed by atoms with Crippen LogP contribution in [0, 0.1) is 6.92 Å². The number of hydrogen-bond acceptors (Lipinski definition) is 3. The minimum Gasteiger partial charge on any atom is -0.494 e. The van der Waals surface area contributed by atoms with Gasteiger partial charge in [-0.25, -0.2) is 13.6 Å². The molecule has 0 fully saturated rings. The van der Waals surface area contributed by atoms with Crippen molar-refractivity contribution < 1.29 is 13.9 Å². The minimum atomic E-state index is -2.82. The van der Waals surface area contributed by atoms with Crippen molar-refractivity contribution in [3.8, 4) is 17.0 Å². The molecule has 2 N–H and O–H groups in total. The van der Waals surface area contributed by atoms with Gasteiger partial charge in [0.2, 0.25) is 5.88 Å². The second-order valence-electron chi connectivity index (χ2n) is 4.33. The van der Waals surface area contributed by atoms with Crippen molar-refractivity contribution in [2.45, 2.75) is 19.9 Å². The van der Waals surface area contributed by atoms with Crippen molar-refractivity contribution in [2.75, 3.05) is 0 Å². The summed E-state index contributed by atoms with van der Waals surface area (Å²) in [5, 5.41) is 9.95. The van der Waals surface area contributed by atoms with Gasteiger partial charge in [0.15, 0.2) is 0 Å². The van der Waals surface area contributed by atoms with Crippen LogP contribution in [0.3, 0.4) is 0 Å². The monoisotopic (exact) mass is 282 g/mol. The first-order chi connectivity index (χ1) is 9.40. The highest BCUT2D eigenvalue weighted by molar-refractivity contribution is 5.67. The molecule has 7 heteroatoms. The second-order valence-corrected chi connectivity index (χ2v) is 4.33. The van der Waals surface area contributed by atoms with Crippen LogP contribution in [0.15, 0.2) is 33.9 Å². The SMILES string of the molecule is Cc1cccc(-c2c(O)n(CC(F)F)c(=O)[nH]c2=O)c1. The summed E-state index contributed by atoms with van der Waals surface area (Å²) in [6.45, 7) is 0.796. The lowest BCUT2D eigenvalue weighted by atomic mass is 10.1. The molecule has 1 heterocycles. The van der Waals surface area contributed by atoms with Crippen molar-refractivity contribution in [1.82, 2.24) is 9.55 Å². The summed E-state index contributed by atoms with van der Waals surface area (Å²) < 4.78 is 25.3. The second kappa shape index (κ2) is 5.28. The zero-order chi connectivity index (χ0) is 14.9. The zero-order valence-electron chi connectivity index (χ0n) is 10.6. The van der Waals surface area contributed by atoms with Crippen LogP contribution in [0.2, 0.25) is 0 Å². The van der Waals surface area contributed by atoms with E-state index in [4.69, 9.17) is 0 Å². The third-order valence-electron chi connectivity index (χ3n) is 2.80. The highest BCUT2D eigenvalue weighted by atomic mass is 19.3. The molecule has 0 atom stereocenters. The van der Waals surface area contributed by atoms with Crippen molar-refractivity contribution in [1.29, 1.82) is 0 Å². The van der Waals surface area contributed by atoms with Gasteiger partial charge in [-0.3, -0.25) is 14.3 Å². The molecule has 20 heavy (non-hydrogen) atoms. The number of aryl methyl sites for hydroxylation is 1. The topological polar surface area (TPSA) is 75.1 Å². The Bertz CT molecular complexity index is 750. The van der Waals surface area contributed by atoms with Gasteiger partial charge in [0.05, 0.1) is 6.54 Å². The lowest BCUT2D eigenvalue weighted by Crippen LogP contribution is -2.32. The average Bonchev–Trinajstić information content (AvgIpc) is 2.34. The first kappa shape index (κ1) is 14.0. The molecular formula is C13H12F2N2O3. The molecule has 0 saturated carbocycles. The predicted molar refractivity (Wildman–Crippen MR) is 69.2 cm³/mol.